The van der Waals surface area contributed by atoms with Crippen molar-refractivity contribution < 1.29 is 9.90 Å². The molecule has 0 saturated carbocycles. The van der Waals surface area contributed by atoms with Crippen LogP contribution in [0.1, 0.15) is 21.7 Å². The van der Waals surface area contributed by atoms with Gasteiger partial charge in [-0.25, -0.2) is 4.98 Å². The van der Waals surface area contributed by atoms with Crippen molar-refractivity contribution >= 4 is 5.91 Å². The Bertz CT molecular complexity index is 554. The summed E-state index contributed by atoms with van der Waals surface area (Å²) in [6.45, 7) is 0.883. The van der Waals surface area contributed by atoms with E-state index in [-0.39, 0.29) is 19.1 Å². The van der Waals surface area contributed by atoms with Gasteiger partial charge in [-0.1, -0.05) is 12.1 Å². The van der Waals surface area contributed by atoms with Crippen LogP contribution in [0.2, 0.25) is 0 Å². The van der Waals surface area contributed by atoms with E-state index in [2.05, 4.69) is 9.97 Å². The van der Waals surface area contributed by atoms with E-state index in [1.54, 1.807) is 35.5 Å². The lowest BCUT2D eigenvalue weighted by Crippen LogP contribution is -2.33. The van der Waals surface area contributed by atoms with E-state index in [1.165, 1.54) is 0 Å². The number of aromatic nitrogens is 2. The van der Waals surface area contributed by atoms with E-state index in [9.17, 15) is 4.79 Å². The van der Waals surface area contributed by atoms with Crippen LogP contribution in [0.25, 0.3) is 0 Å². The van der Waals surface area contributed by atoms with Crippen molar-refractivity contribution in [1.82, 2.24) is 14.9 Å². The summed E-state index contributed by atoms with van der Waals surface area (Å²) in [6, 6.07) is 7.20. The highest BCUT2D eigenvalue weighted by molar-refractivity contribution is 5.94. The summed E-state index contributed by atoms with van der Waals surface area (Å²) in [5, 5.41) is 9.12. The average molecular weight is 274 g/mol. The van der Waals surface area contributed by atoms with Crippen molar-refractivity contribution in [2.75, 3.05) is 13.2 Å². The summed E-state index contributed by atoms with van der Waals surface area (Å²) in [5.74, 6) is 0.535. The fourth-order valence-corrected chi connectivity index (χ4v) is 1.95. The molecule has 0 unspecified atom stereocenters. The zero-order valence-electron chi connectivity index (χ0n) is 11.1. The maximum absolute atomic E-state index is 12.5. The van der Waals surface area contributed by atoms with Gasteiger partial charge in [0.05, 0.1) is 13.2 Å². The van der Waals surface area contributed by atoms with Gasteiger partial charge in [-0.15, -0.1) is 0 Å². The van der Waals surface area contributed by atoms with Crippen LogP contribution in [0.15, 0.2) is 36.7 Å². The highest BCUT2D eigenvalue weighted by atomic mass is 16.3. The first-order chi connectivity index (χ1) is 9.74. The number of nitrogens with zero attached hydrogens (tertiary/aromatic N) is 2. The van der Waals surface area contributed by atoms with Crippen molar-refractivity contribution in [2.45, 2.75) is 13.1 Å². The number of carbonyl (C=O) groups excluding carboxylic acids is 1. The highest BCUT2D eigenvalue weighted by Gasteiger charge is 2.16. The summed E-state index contributed by atoms with van der Waals surface area (Å²) >= 11 is 0. The first-order valence-corrected chi connectivity index (χ1v) is 6.42. The molecule has 0 spiro atoms. The molecule has 2 aromatic rings. The molecule has 20 heavy (non-hydrogen) atoms. The lowest BCUT2D eigenvalue weighted by atomic mass is 10.1. The number of imidazole rings is 1. The Kier molecular flexibility index (Phi) is 4.86. The average Bonchev–Trinajstić information content (AvgIpc) is 2.99. The Labute approximate surface area is 117 Å². The van der Waals surface area contributed by atoms with Crippen LogP contribution in [-0.4, -0.2) is 39.0 Å². The van der Waals surface area contributed by atoms with Crippen molar-refractivity contribution in [3.05, 3.63) is 53.6 Å². The number of benzene rings is 1. The molecule has 1 heterocycles. The number of rotatable bonds is 6. The first kappa shape index (κ1) is 14.2. The smallest absolute Gasteiger partial charge is 0.254 e. The van der Waals surface area contributed by atoms with E-state index in [0.29, 0.717) is 24.5 Å². The van der Waals surface area contributed by atoms with Crippen molar-refractivity contribution in [3.8, 4) is 0 Å². The number of nitrogens with two attached hydrogens (primary N) is 1. The fourth-order valence-electron chi connectivity index (χ4n) is 1.95. The minimum absolute atomic E-state index is 0.0942. The summed E-state index contributed by atoms with van der Waals surface area (Å²) < 4.78 is 0. The molecule has 0 aliphatic rings. The van der Waals surface area contributed by atoms with Crippen LogP contribution in [0.5, 0.6) is 0 Å². The van der Waals surface area contributed by atoms with Crippen LogP contribution in [0.3, 0.4) is 0 Å². The van der Waals surface area contributed by atoms with Crippen LogP contribution < -0.4 is 5.73 Å². The van der Waals surface area contributed by atoms with Gasteiger partial charge in [0, 0.05) is 31.0 Å². The van der Waals surface area contributed by atoms with Crippen molar-refractivity contribution in [1.29, 1.82) is 0 Å². The molecule has 6 nitrogen and oxygen atoms in total. The van der Waals surface area contributed by atoms with E-state index in [4.69, 9.17) is 10.8 Å². The number of H-pyrrole nitrogens is 1. The molecule has 106 valence electrons. The number of nitrogens with one attached hydrogen (secondary N) is 1. The van der Waals surface area contributed by atoms with Crippen LogP contribution in [0, 0.1) is 0 Å². The lowest BCUT2D eigenvalue weighted by molar-refractivity contribution is 0.0703. The number of aromatic amines is 1. The second-order valence-electron chi connectivity index (χ2n) is 4.39. The molecular formula is C14H18N4O2. The standard InChI is InChI=1S/C14H18N4O2/c15-9-11-2-1-3-12(8-11)14(20)18(6-7-19)10-13-16-4-5-17-13/h1-5,8,19H,6-7,9-10,15H2,(H,16,17). The van der Waals surface area contributed by atoms with Crippen molar-refractivity contribution in [3.63, 3.8) is 0 Å². The normalized spacial score (nSPS) is 10.5. The van der Waals surface area contributed by atoms with E-state index in [0.717, 1.165) is 5.56 Å². The molecular weight excluding hydrogens is 256 g/mol. The van der Waals surface area contributed by atoms with Gasteiger partial charge in [-0.05, 0) is 17.7 Å². The van der Waals surface area contributed by atoms with E-state index < -0.39 is 0 Å². The zero-order valence-corrected chi connectivity index (χ0v) is 11.1. The number of amides is 1. The molecule has 0 radical (unpaired) electrons. The summed E-state index contributed by atoms with van der Waals surface area (Å²) in [7, 11) is 0. The molecule has 0 aliphatic heterocycles. The molecule has 1 aromatic heterocycles. The third kappa shape index (κ3) is 3.43. The Morgan fingerprint density at radius 1 is 1.45 bits per heavy atom. The second-order valence-corrected chi connectivity index (χ2v) is 4.39. The summed E-state index contributed by atoms with van der Waals surface area (Å²) in [5.41, 5.74) is 7.05. The molecule has 0 fully saturated rings. The van der Waals surface area contributed by atoms with Gasteiger partial charge in [0.1, 0.15) is 5.82 Å². The third-order valence-corrected chi connectivity index (χ3v) is 2.96. The minimum Gasteiger partial charge on any atom is -0.395 e. The van der Waals surface area contributed by atoms with Crippen LogP contribution in [0.4, 0.5) is 0 Å². The Morgan fingerprint density at radius 2 is 2.30 bits per heavy atom. The van der Waals surface area contributed by atoms with Crippen LogP contribution in [-0.2, 0) is 13.1 Å². The number of hydrogen-bond donors (Lipinski definition) is 3. The molecule has 6 heteroatoms. The van der Waals surface area contributed by atoms with Crippen LogP contribution >= 0.6 is 0 Å². The Hall–Kier alpha value is -2.18. The maximum Gasteiger partial charge on any atom is 0.254 e. The fraction of sp³-hybridized carbons (Fsp3) is 0.286. The largest absolute Gasteiger partial charge is 0.395 e. The van der Waals surface area contributed by atoms with E-state index >= 15 is 0 Å². The van der Waals surface area contributed by atoms with Gasteiger partial charge in [0.2, 0.25) is 0 Å². The molecule has 0 saturated heterocycles. The number of aliphatic hydroxyl groups excluding tert-OH is 1. The Morgan fingerprint density at radius 3 is 2.95 bits per heavy atom. The molecule has 1 amide bonds. The summed E-state index contributed by atoms with van der Waals surface area (Å²) in [6.07, 6.45) is 3.33. The number of carbonyl (C=O) groups is 1. The topological polar surface area (TPSA) is 95.2 Å². The van der Waals surface area contributed by atoms with Crippen molar-refractivity contribution in [2.24, 2.45) is 5.73 Å². The van der Waals surface area contributed by atoms with Gasteiger partial charge < -0.3 is 20.7 Å². The second kappa shape index (κ2) is 6.83. The minimum atomic E-state index is -0.147. The van der Waals surface area contributed by atoms with Gasteiger partial charge >= 0.3 is 0 Å². The first-order valence-electron chi connectivity index (χ1n) is 6.42. The molecule has 0 bridgehead atoms. The van der Waals surface area contributed by atoms with Gasteiger partial charge in [-0.2, -0.15) is 0 Å². The molecule has 0 aliphatic carbocycles. The number of aliphatic hydroxyl groups is 1. The molecule has 4 N–H and O–H groups in total. The predicted octanol–water partition coefficient (Wildman–Crippen LogP) is 0.503. The highest BCUT2D eigenvalue weighted by Crippen LogP contribution is 2.10. The SMILES string of the molecule is NCc1cccc(C(=O)N(CCO)Cc2ncc[nH]2)c1. The predicted molar refractivity (Wildman–Crippen MR) is 74.7 cm³/mol. The summed E-state index contributed by atoms with van der Waals surface area (Å²) in [4.78, 5) is 21.1. The lowest BCUT2D eigenvalue weighted by Gasteiger charge is -2.21. The number of hydrogen-bond acceptors (Lipinski definition) is 4. The quantitative estimate of drug-likeness (QED) is 0.715. The van der Waals surface area contributed by atoms with Gasteiger partial charge in [0.25, 0.3) is 5.91 Å². The third-order valence-electron chi connectivity index (χ3n) is 2.96. The molecule has 0 atom stereocenters. The zero-order chi connectivity index (χ0) is 14.4. The van der Waals surface area contributed by atoms with Gasteiger partial charge in [0.15, 0.2) is 0 Å². The van der Waals surface area contributed by atoms with E-state index in [1.807, 2.05) is 6.07 Å². The molecule has 1 aromatic carbocycles. The molecule has 2 rings (SSSR count). The van der Waals surface area contributed by atoms with Gasteiger partial charge in [-0.3, -0.25) is 4.79 Å². The Balaban J connectivity index is 2.17. The monoisotopic (exact) mass is 274 g/mol. The maximum atomic E-state index is 12.5.